The molecule has 2 aromatic heterocycles. The maximum absolute atomic E-state index is 13.4. The molecule has 1 fully saturated rings. The molecule has 8 heteroatoms. The summed E-state index contributed by atoms with van der Waals surface area (Å²) in [5, 5.41) is 8.50. The average molecular weight is 440 g/mol. The summed E-state index contributed by atoms with van der Waals surface area (Å²) >= 11 is 6.21. The standard InChI is InChI=1S/C23H26ClN5O2/c1-13-6-5-7-14(2)29(13)23(31)19-11-17(24)8-9-20(19)26-22(30)16-10-18-15(3)27-28(4)21(18)25-12-16/h8-14H,5-7H2,1-4H3,(H,26,30). The molecule has 31 heavy (non-hydrogen) atoms. The average Bonchev–Trinajstić information content (AvgIpc) is 3.02. The van der Waals surface area contributed by atoms with E-state index in [1.54, 1.807) is 28.9 Å². The molecule has 0 bridgehead atoms. The van der Waals surface area contributed by atoms with E-state index in [9.17, 15) is 9.59 Å². The largest absolute Gasteiger partial charge is 0.333 e. The van der Waals surface area contributed by atoms with Crippen LogP contribution in [0.3, 0.4) is 0 Å². The van der Waals surface area contributed by atoms with Crippen LogP contribution in [0.15, 0.2) is 30.5 Å². The Morgan fingerprint density at radius 2 is 1.87 bits per heavy atom. The first kappa shape index (κ1) is 21.3. The van der Waals surface area contributed by atoms with E-state index in [0.717, 1.165) is 30.3 Å². The van der Waals surface area contributed by atoms with Crippen LogP contribution in [0.2, 0.25) is 5.02 Å². The van der Waals surface area contributed by atoms with E-state index >= 15 is 0 Å². The SMILES string of the molecule is Cc1nn(C)c2ncc(C(=O)Nc3ccc(Cl)cc3C(=O)N3C(C)CCCC3C)cc12. The fraction of sp³-hybridized carbons (Fsp3) is 0.391. The van der Waals surface area contributed by atoms with Crippen LogP contribution in [0.1, 0.15) is 59.5 Å². The van der Waals surface area contributed by atoms with Crippen molar-refractivity contribution in [2.75, 3.05) is 5.32 Å². The molecule has 7 nitrogen and oxygen atoms in total. The smallest absolute Gasteiger partial charge is 0.257 e. The van der Waals surface area contributed by atoms with Crippen molar-refractivity contribution in [1.29, 1.82) is 0 Å². The minimum absolute atomic E-state index is 0.116. The first-order valence-corrected chi connectivity index (χ1v) is 10.9. The lowest BCUT2D eigenvalue weighted by Crippen LogP contribution is -2.47. The molecule has 4 rings (SSSR count). The highest BCUT2D eigenvalue weighted by Crippen LogP contribution is 2.29. The second-order valence-corrected chi connectivity index (χ2v) is 8.73. The summed E-state index contributed by atoms with van der Waals surface area (Å²) in [6.07, 6.45) is 4.56. The van der Waals surface area contributed by atoms with Crippen molar-refractivity contribution >= 4 is 40.1 Å². The van der Waals surface area contributed by atoms with Crippen LogP contribution in [-0.2, 0) is 7.05 Å². The summed E-state index contributed by atoms with van der Waals surface area (Å²) in [4.78, 5) is 32.7. The lowest BCUT2D eigenvalue weighted by molar-refractivity contribution is 0.0512. The molecule has 0 saturated carbocycles. The highest BCUT2D eigenvalue weighted by Gasteiger charge is 2.31. The summed E-state index contributed by atoms with van der Waals surface area (Å²) in [7, 11) is 1.82. The van der Waals surface area contributed by atoms with E-state index in [1.807, 2.05) is 18.9 Å². The molecule has 3 heterocycles. The Balaban J connectivity index is 1.65. The number of likely N-dealkylation sites (tertiary alicyclic amines) is 1. The number of carbonyl (C=O) groups is 2. The van der Waals surface area contributed by atoms with E-state index in [2.05, 4.69) is 29.2 Å². The minimum atomic E-state index is -0.339. The van der Waals surface area contributed by atoms with Gasteiger partial charge in [-0.1, -0.05) is 11.6 Å². The second-order valence-electron chi connectivity index (χ2n) is 8.29. The highest BCUT2D eigenvalue weighted by molar-refractivity contribution is 6.31. The van der Waals surface area contributed by atoms with Crippen molar-refractivity contribution in [2.24, 2.45) is 7.05 Å². The Hall–Kier alpha value is -2.93. The molecule has 1 N–H and O–H groups in total. The van der Waals surface area contributed by atoms with Gasteiger partial charge < -0.3 is 10.2 Å². The molecule has 2 unspecified atom stereocenters. The molecule has 0 spiro atoms. The van der Waals surface area contributed by atoms with E-state index in [4.69, 9.17) is 11.6 Å². The fourth-order valence-electron chi connectivity index (χ4n) is 4.39. The number of pyridine rings is 1. The normalized spacial score (nSPS) is 18.9. The molecule has 0 radical (unpaired) electrons. The number of halogens is 1. The first-order chi connectivity index (χ1) is 14.8. The van der Waals surface area contributed by atoms with Gasteiger partial charge in [-0.15, -0.1) is 0 Å². The van der Waals surface area contributed by atoms with Crippen LogP contribution in [0.25, 0.3) is 11.0 Å². The molecule has 1 aliphatic rings. The summed E-state index contributed by atoms with van der Waals surface area (Å²) in [6, 6.07) is 7.02. The van der Waals surface area contributed by atoms with Crippen LogP contribution in [0, 0.1) is 6.92 Å². The maximum Gasteiger partial charge on any atom is 0.257 e. The molecule has 3 aromatic rings. The molecule has 1 saturated heterocycles. The van der Waals surface area contributed by atoms with E-state index in [1.165, 1.54) is 6.20 Å². The number of hydrogen-bond donors (Lipinski definition) is 1. The number of aryl methyl sites for hydroxylation is 2. The topological polar surface area (TPSA) is 80.1 Å². The van der Waals surface area contributed by atoms with Gasteiger partial charge in [-0.05, 0) is 64.3 Å². The summed E-state index contributed by atoms with van der Waals surface area (Å²) in [5.74, 6) is -0.456. The third-order valence-electron chi connectivity index (χ3n) is 6.01. The Bertz CT molecular complexity index is 1160. The molecular formula is C23H26ClN5O2. The van der Waals surface area contributed by atoms with Gasteiger partial charge in [0.15, 0.2) is 5.65 Å². The zero-order valence-corrected chi connectivity index (χ0v) is 18.9. The Kier molecular flexibility index (Phi) is 5.71. The lowest BCUT2D eigenvalue weighted by atomic mass is 9.96. The number of benzene rings is 1. The van der Waals surface area contributed by atoms with Crippen LogP contribution in [0.4, 0.5) is 5.69 Å². The van der Waals surface area contributed by atoms with Gasteiger partial charge in [0, 0.05) is 35.7 Å². The molecule has 0 aliphatic carbocycles. The number of fused-ring (bicyclic) bond motifs is 1. The van der Waals surface area contributed by atoms with Crippen molar-refractivity contribution < 1.29 is 9.59 Å². The molecule has 2 amide bonds. The van der Waals surface area contributed by atoms with Gasteiger partial charge in [0.2, 0.25) is 0 Å². The minimum Gasteiger partial charge on any atom is -0.333 e. The number of nitrogens with one attached hydrogen (secondary N) is 1. The number of anilines is 1. The van der Waals surface area contributed by atoms with Crippen molar-refractivity contribution in [1.82, 2.24) is 19.7 Å². The van der Waals surface area contributed by atoms with E-state index in [0.29, 0.717) is 27.5 Å². The van der Waals surface area contributed by atoms with Crippen molar-refractivity contribution in [3.63, 3.8) is 0 Å². The predicted octanol–water partition coefficient (Wildman–Crippen LogP) is 4.59. The van der Waals surface area contributed by atoms with Crippen molar-refractivity contribution in [2.45, 2.75) is 52.1 Å². The molecule has 2 atom stereocenters. The molecule has 162 valence electrons. The van der Waals surface area contributed by atoms with Crippen LogP contribution in [-0.4, -0.2) is 43.6 Å². The predicted molar refractivity (Wildman–Crippen MR) is 122 cm³/mol. The fourth-order valence-corrected chi connectivity index (χ4v) is 4.56. The van der Waals surface area contributed by atoms with Crippen LogP contribution >= 0.6 is 11.6 Å². The monoisotopic (exact) mass is 439 g/mol. The van der Waals surface area contributed by atoms with Gasteiger partial charge in [0.25, 0.3) is 11.8 Å². The van der Waals surface area contributed by atoms with Crippen molar-refractivity contribution in [3.05, 3.63) is 52.3 Å². The summed E-state index contributed by atoms with van der Waals surface area (Å²) < 4.78 is 1.68. The van der Waals surface area contributed by atoms with E-state index in [-0.39, 0.29) is 23.9 Å². The van der Waals surface area contributed by atoms with Crippen LogP contribution < -0.4 is 5.32 Å². The number of aromatic nitrogens is 3. The Labute approximate surface area is 186 Å². The summed E-state index contributed by atoms with van der Waals surface area (Å²) in [6.45, 7) is 6.00. The van der Waals surface area contributed by atoms with Gasteiger partial charge in [-0.2, -0.15) is 5.10 Å². The zero-order valence-electron chi connectivity index (χ0n) is 18.1. The van der Waals surface area contributed by atoms with Gasteiger partial charge >= 0.3 is 0 Å². The number of amides is 2. The highest BCUT2D eigenvalue weighted by atomic mass is 35.5. The number of carbonyl (C=O) groups excluding carboxylic acids is 2. The zero-order chi connectivity index (χ0) is 22.3. The van der Waals surface area contributed by atoms with Crippen LogP contribution in [0.5, 0.6) is 0 Å². The Morgan fingerprint density at radius 3 is 2.58 bits per heavy atom. The van der Waals surface area contributed by atoms with Crippen molar-refractivity contribution in [3.8, 4) is 0 Å². The number of rotatable bonds is 3. The summed E-state index contributed by atoms with van der Waals surface area (Å²) in [5.41, 5.74) is 2.75. The lowest BCUT2D eigenvalue weighted by Gasteiger charge is -2.39. The number of hydrogen-bond acceptors (Lipinski definition) is 4. The molecule has 1 aromatic carbocycles. The first-order valence-electron chi connectivity index (χ1n) is 10.5. The molecular weight excluding hydrogens is 414 g/mol. The number of nitrogens with zero attached hydrogens (tertiary/aromatic N) is 4. The third kappa shape index (κ3) is 4.02. The molecule has 1 aliphatic heterocycles. The second kappa shape index (κ2) is 8.30. The van der Waals surface area contributed by atoms with Gasteiger partial charge in [-0.3, -0.25) is 14.3 Å². The quantitative estimate of drug-likeness (QED) is 0.647. The van der Waals surface area contributed by atoms with Gasteiger partial charge in [0.1, 0.15) is 0 Å². The van der Waals surface area contributed by atoms with Gasteiger partial charge in [0.05, 0.1) is 22.5 Å². The third-order valence-corrected chi connectivity index (χ3v) is 6.25. The van der Waals surface area contributed by atoms with Gasteiger partial charge in [-0.25, -0.2) is 4.98 Å². The number of piperidine rings is 1. The maximum atomic E-state index is 13.4. The Morgan fingerprint density at radius 1 is 1.16 bits per heavy atom. The van der Waals surface area contributed by atoms with E-state index < -0.39 is 0 Å².